The number of hydrogen-bond acceptors (Lipinski definition) is 4. The maximum atomic E-state index is 12.2. The summed E-state index contributed by atoms with van der Waals surface area (Å²) in [6, 6.07) is 7.86. The van der Waals surface area contributed by atoms with Crippen molar-refractivity contribution in [3.05, 3.63) is 30.0 Å². The zero-order valence-electron chi connectivity index (χ0n) is 13.1. The quantitative estimate of drug-likeness (QED) is 0.814. The summed E-state index contributed by atoms with van der Waals surface area (Å²) in [5.74, 6) is -1.09. The van der Waals surface area contributed by atoms with Crippen LogP contribution in [0.15, 0.2) is 24.3 Å². The summed E-state index contributed by atoms with van der Waals surface area (Å²) in [4.78, 5) is 35.6. The minimum atomic E-state index is -0.458. The first kappa shape index (κ1) is 14.9. The molecule has 0 radical (unpaired) electrons. The Hall–Kier alpha value is -2.70. The summed E-state index contributed by atoms with van der Waals surface area (Å²) < 4.78 is 1.64. The van der Waals surface area contributed by atoms with Gasteiger partial charge in [-0.15, -0.1) is 0 Å². The van der Waals surface area contributed by atoms with Crippen molar-refractivity contribution in [2.45, 2.75) is 44.2 Å². The van der Waals surface area contributed by atoms with Crippen LogP contribution >= 0.6 is 0 Å². The molecule has 1 saturated heterocycles. The maximum Gasteiger partial charge on any atom is 0.241 e. The molecule has 1 aliphatic heterocycles. The van der Waals surface area contributed by atoms with Gasteiger partial charge in [0, 0.05) is 17.8 Å². The highest BCUT2D eigenvalue weighted by Gasteiger charge is 2.32. The van der Waals surface area contributed by atoms with Gasteiger partial charge in [0.1, 0.15) is 6.54 Å². The maximum absolute atomic E-state index is 12.2. The van der Waals surface area contributed by atoms with Crippen LogP contribution in [-0.4, -0.2) is 33.5 Å². The molecule has 2 N–H and O–H groups in total. The summed E-state index contributed by atoms with van der Waals surface area (Å²) in [5, 5.41) is 10.7. The average Bonchev–Trinajstić information content (AvgIpc) is 3.29. The van der Waals surface area contributed by atoms with Crippen molar-refractivity contribution in [1.82, 2.24) is 20.4 Å². The van der Waals surface area contributed by atoms with Crippen LogP contribution in [0.2, 0.25) is 0 Å². The molecule has 0 spiro atoms. The lowest BCUT2D eigenvalue weighted by Gasteiger charge is -2.19. The second kappa shape index (κ2) is 5.74. The van der Waals surface area contributed by atoms with E-state index in [4.69, 9.17) is 0 Å². The van der Waals surface area contributed by atoms with Crippen molar-refractivity contribution in [1.29, 1.82) is 0 Å². The normalized spacial score (nSPS) is 20.9. The number of para-hydroxylation sites is 1. The molecule has 0 bridgehead atoms. The zero-order valence-corrected chi connectivity index (χ0v) is 13.1. The fraction of sp³-hybridized carbons (Fsp3) is 0.412. The number of rotatable bonds is 4. The van der Waals surface area contributed by atoms with E-state index in [0.29, 0.717) is 24.6 Å². The third-order valence-corrected chi connectivity index (χ3v) is 4.49. The van der Waals surface area contributed by atoms with Crippen molar-refractivity contribution in [2.75, 3.05) is 0 Å². The van der Waals surface area contributed by atoms with Crippen molar-refractivity contribution in [3.63, 3.8) is 0 Å². The van der Waals surface area contributed by atoms with Gasteiger partial charge in [-0.25, -0.2) is 0 Å². The Bertz CT molecular complexity index is 837. The number of nitrogens with one attached hydrogen (secondary N) is 2. The van der Waals surface area contributed by atoms with E-state index < -0.39 is 5.92 Å². The second-order valence-electron chi connectivity index (χ2n) is 6.41. The molecule has 1 atom stereocenters. The monoisotopic (exact) mass is 326 g/mol. The van der Waals surface area contributed by atoms with Gasteiger partial charge in [0.2, 0.25) is 17.7 Å². The number of nitrogens with zero attached hydrogens (tertiary/aromatic N) is 2. The third-order valence-electron chi connectivity index (χ3n) is 4.49. The highest BCUT2D eigenvalue weighted by molar-refractivity contribution is 6.02. The van der Waals surface area contributed by atoms with Gasteiger partial charge in [0.05, 0.1) is 17.1 Å². The topological polar surface area (TPSA) is 93.1 Å². The predicted octanol–water partition coefficient (Wildman–Crippen LogP) is 0.835. The fourth-order valence-corrected chi connectivity index (χ4v) is 3.12. The Balaban J connectivity index is 1.67. The van der Waals surface area contributed by atoms with Crippen LogP contribution in [0.3, 0.4) is 0 Å². The molecule has 1 unspecified atom stereocenters. The van der Waals surface area contributed by atoms with Crippen molar-refractivity contribution >= 4 is 28.6 Å². The molecule has 1 aromatic heterocycles. The van der Waals surface area contributed by atoms with E-state index in [9.17, 15) is 14.4 Å². The SMILES string of the molecule is O=C1CCC(c2nn(CC(=O)NC3CC3)c3ccccc23)C(=O)N1. The van der Waals surface area contributed by atoms with E-state index in [1.807, 2.05) is 24.3 Å². The molecule has 24 heavy (non-hydrogen) atoms. The molecule has 2 heterocycles. The average molecular weight is 326 g/mol. The van der Waals surface area contributed by atoms with Crippen molar-refractivity contribution < 1.29 is 14.4 Å². The predicted molar refractivity (Wildman–Crippen MR) is 86.0 cm³/mol. The van der Waals surface area contributed by atoms with Crippen LogP contribution < -0.4 is 10.6 Å². The smallest absolute Gasteiger partial charge is 0.241 e. The highest BCUT2D eigenvalue weighted by atomic mass is 16.2. The molecule has 1 saturated carbocycles. The van der Waals surface area contributed by atoms with E-state index >= 15 is 0 Å². The molecule has 1 aliphatic carbocycles. The van der Waals surface area contributed by atoms with E-state index in [-0.39, 0.29) is 24.3 Å². The van der Waals surface area contributed by atoms with Crippen LogP contribution in [-0.2, 0) is 20.9 Å². The number of fused-ring (bicyclic) bond motifs is 1. The van der Waals surface area contributed by atoms with Crippen LogP contribution in [0.1, 0.15) is 37.3 Å². The summed E-state index contributed by atoms with van der Waals surface area (Å²) in [7, 11) is 0. The summed E-state index contributed by atoms with van der Waals surface area (Å²) in [6.45, 7) is 0.129. The van der Waals surface area contributed by atoms with Crippen LogP contribution in [0.25, 0.3) is 10.9 Å². The Kier molecular flexibility index (Phi) is 3.55. The number of imide groups is 1. The van der Waals surface area contributed by atoms with Gasteiger partial charge in [-0.2, -0.15) is 5.10 Å². The Morgan fingerprint density at radius 1 is 1.25 bits per heavy atom. The van der Waals surface area contributed by atoms with Crippen LogP contribution in [0.5, 0.6) is 0 Å². The van der Waals surface area contributed by atoms with Gasteiger partial charge in [-0.05, 0) is 25.3 Å². The van der Waals surface area contributed by atoms with Crippen molar-refractivity contribution in [2.24, 2.45) is 0 Å². The Morgan fingerprint density at radius 3 is 2.79 bits per heavy atom. The first-order valence-electron chi connectivity index (χ1n) is 8.20. The second-order valence-corrected chi connectivity index (χ2v) is 6.41. The Morgan fingerprint density at radius 2 is 2.04 bits per heavy atom. The molecule has 7 heteroatoms. The minimum Gasteiger partial charge on any atom is -0.352 e. The number of benzene rings is 1. The van der Waals surface area contributed by atoms with Crippen LogP contribution in [0.4, 0.5) is 0 Å². The molecular weight excluding hydrogens is 308 g/mol. The van der Waals surface area contributed by atoms with E-state index in [0.717, 1.165) is 23.7 Å². The highest BCUT2D eigenvalue weighted by Crippen LogP contribution is 2.30. The number of aromatic nitrogens is 2. The lowest BCUT2D eigenvalue weighted by molar-refractivity contribution is -0.134. The third kappa shape index (κ3) is 2.77. The van der Waals surface area contributed by atoms with E-state index in [2.05, 4.69) is 15.7 Å². The first-order chi connectivity index (χ1) is 11.6. The largest absolute Gasteiger partial charge is 0.352 e. The van der Waals surface area contributed by atoms with E-state index in [1.54, 1.807) is 4.68 Å². The molecule has 124 valence electrons. The number of carbonyl (C=O) groups is 3. The summed E-state index contributed by atoms with van der Waals surface area (Å²) in [6.07, 6.45) is 2.82. The number of amides is 3. The summed E-state index contributed by atoms with van der Waals surface area (Å²) >= 11 is 0. The van der Waals surface area contributed by atoms with Gasteiger partial charge in [0.15, 0.2) is 0 Å². The van der Waals surface area contributed by atoms with Crippen molar-refractivity contribution in [3.8, 4) is 0 Å². The van der Waals surface area contributed by atoms with Gasteiger partial charge < -0.3 is 5.32 Å². The standard InChI is InChI=1S/C17H18N4O3/c22-14-8-7-12(17(24)19-14)16-11-3-1-2-4-13(11)21(20-16)9-15(23)18-10-5-6-10/h1-4,10,12H,5-9H2,(H,18,23)(H,19,22,24). The van der Waals surface area contributed by atoms with E-state index in [1.165, 1.54) is 0 Å². The molecule has 1 aromatic carbocycles. The van der Waals surface area contributed by atoms with Gasteiger partial charge in [-0.1, -0.05) is 18.2 Å². The molecule has 2 aliphatic rings. The fourth-order valence-electron chi connectivity index (χ4n) is 3.12. The molecule has 2 fully saturated rings. The van der Waals surface area contributed by atoms with Gasteiger partial charge in [0.25, 0.3) is 0 Å². The zero-order chi connectivity index (χ0) is 16.7. The Labute approximate surface area is 138 Å². The molecule has 3 amide bonds. The number of carbonyl (C=O) groups excluding carboxylic acids is 3. The minimum absolute atomic E-state index is 0.0689. The first-order valence-corrected chi connectivity index (χ1v) is 8.20. The number of hydrogen-bond donors (Lipinski definition) is 2. The molecule has 7 nitrogen and oxygen atoms in total. The molecule has 2 aromatic rings. The molecule has 4 rings (SSSR count). The lowest BCUT2D eigenvalue weighted by Crippen LogP contribution is -2.39. The molecular formula is C17H18N4O3. The lowest BCUT2D eigenvalue weighted by atomic mass is 9.93. The number of piperidine rings is 1. The van der Waals surface area contributed by atoms with Gasteiger partial charge in [-0.3, -0.25) is 24.4 Å². The van der Waals surface area contributed by atoms with Gasteiger partial charge >= 0.3 is 0 Å². The van der Waals surface area contributed by atoms with Crippen LogP contribution in [0, 0.1) is 0 Å². The summed E-state index contributed by atoms with van der Waals surface area (Å²) in [5.41, 5.74) is 1.46.